The van der Waals surface area contributed by atoms with E-state index in [0.717, 1.165) is 5.56 Å². The number of carbonyl (C=O) groups excluding carboxylic acids is 3. The molecule has 0 fully saturated rings. The standard InChI is InChI=1S/C32H25ClN2O4/c1-39-28-18-9-23(10-19-28)21-29(35-31(37)25-5-3-2-4-6-25)32(38)34-27-16-12-24(13-17-27)30(36)20-11-22-7-14-26(33)15-8-22/h2-21H,1H3,(H,34,38)(H,35,37)/b20-11+,29-21-. The van der Waals surface area contributed by atoms with Crippen LogP contribution in [0.2, 0.25) is 5.02 Å². The monoisotopic (exact) mass is 536 g/mol. The van der Waals surface area contributed by atoms with Crippen molar-refractivity contribution in [2.24, 2.45) is 0 Å². The number of allylic oxidation sites excluding steroid dienone is 1. The van der Waals surface area contributed by atoms with Crippen LogP contribution in [0, 0.1) is 0 Å². The maximum atomic E-state index is 13.2. The first-order valence-electron chi connectivity index (χ1n) is 12.0. The molecule has 0 spiro atoms. The minimum absolute atomic E-state index is 0.0556. The van der Waals surface area contributed by atoms with Crippen molar-refractivity contribution in [3.63, 3.8) is 0 Å². The first-order valence-corrected chi connectivity index (χ1v) is 12.4. The van der Waals surface area contributed by atoms with E-state index < -0.39 is 11.8 Å². The highest BCUT2D eigenvalue weighted by molar-refractivity contribution is 6.30. The van der Waals surface area contributed by atoms with E-state index >= 15 is 0 Å². The third kappa shape index (κ3) is 7.77. The van der Waals surface area contributed by atoms with Crippen molar-refractivity contribution in [1.29, 1.82) is 0 Å². The van der Waals surface area contributed by atoms with Crippen molar-refractivity contribution in [1.82, 2.24) is 5.32 Å². The van der Waals surface area contributed by atoms with Gasteiger partial charge in [-0.25, -0.2) is 0 Å². The Morgan fingerprint density at radius 1 is 0.744 bits per heavy atom. The zero-order valence-electron chi connectivity index (χ0n) is 21.1. The summed E-state index contributed by atoms with van der Waals surface area (Å²) in [7, 11) is 1.57. The largest absolute Gasteiger partial charge is 0.497 e. The average Bonchev–Trinajstić information content (AvgIpc) is 2.97. The van der Waals surface area contributed by atoms with Crippen LogP contribution in [0.5, 0.6) is 5.75 Å². The topological polar surface area (TPSA) is 84.5 Å². The molecule has 6 nitrogen and oxygen atoms in total. The summed E-state index contributed by atoms with van der Waals surface area (Å²) in [6.07, 6.45) is 4.76. The molecule has 0 heterocycles. The molecule has 194 valence electrons. The van der Waals surface area contributed by atoms with E-state index in [2.05, 4.69) is 10.6 Å². The van der Waals surface area contributed by atoms with Crippen molar-refractivity contribution in [3.8, 4) is 5.75 Å². The molecule has 0 radical (unpaired) electrons. The van der Waals surface area contributed by atoms with E-state index in [1.807, 2.05) is 12.1 Å². The molecule has 0 saturated heterocycles. The molecule has 2 amide bonds. The fourth-order valence-electron chi connectivity index (χ4n) is 3.57. The van der Waals surface area contributed by atoms with Crippen LogP contribution in [0.1, 0.15) is 31.8 Å². The zero-order chi connectivity index (χ0) is 27.6. The Labute approximate surface area is 231 Å². The Hall–Kier alpha value is -4.94. The van der Waals surface area contributed by atoms with Crippen LogP contribution < -0.4 is 15.4 Å². The highest BCUT2D eigenvalue weighted by atomic mass is 35.5. The van der Waals surface area contributed by atoms with Gasteiger partial charge in [0.15, 0.2) is 5.78 Å². The van der Waals surface area contributed by atoms with E-state index in [4.69, 9.17) is 16.3 Å². The van der Waals surface area contributed by atoms with Gasteiger partial charge in [0.25, 0.3) is 11.8 Å². The van der Waals surface area contributed by atoms with Crippen molar-refractivity contribution >= 4 is 47.0 Å². The number of methoxy groups -OCH3 is 1. The second kappa shape index (κ2) is 13.0. The molecule has 0 aliphatic rings. The fourth-order valence-corrected chi connectivity index (χ4v) is 3.69. The first-order chi connectivity index (χ1) is 18.9. The Balaban J connectivity index is 1.49. The SMILES string of the molecule is COc1ccc(/C=C(\NC(=O)c2ccccc2)C(=O)Nc2ccc(C(=O)/C=C/c3ccc(Cl)cc3)cc2)cc1. The number of anilines is 1. The van der Waals surface area contributed by atoms with Gasteiger partial charge in [0.2, 0.25) is 0 Å². The number of benzene rings is 4. The molecule has 0 unspecified atom stereocenters. The van der Waals surface area contributed by atoms with Gasteiger partial charge in [-0.3, -0.25) is 14.4 Å². The number of ether oxygens (including phenoxy) is 1. The second-order valence-electron chi connectivity index (χ2n) is 8.43. The molecule has 0 atom stereocenters. The van der Waals surface area contributed by atoms with Crippen molar-refractivity contribution < 1.29 is 19.1 Å². The molecule has 2 N–H and O–H groups in total. The first kappa shape index (κ1) is 27.1. The van der Waals surface area contributed by atoms with E-state index in [1.165, 1.54) is 6.08 Å². The maximum Gasteiger partial charge on any atom is 0.272 e. The Bertz CT molecular complexity index is 1510. The smallest absolute Gasteiger partial charge is 0.272 e. The van der Waals surface area contributed by atoms with Gasteiger partial charge in [-0.2, -0.15) is 0 Å². The Morgan fingerprint density at radius 3 is 2.03 bits per heavy atom. The van der Waals surface area contributed by atoms with Crippen LogP contribution in [-0.4, -0.2) is 24.7 Å². The van der Waals surface area contributed by atoms with Crippen molar-refractivity contribution in [2.75, 3.05) is 12.4 Å². The van der Waals surface area contributed by atoms with Crippen LogP contribution in [-0.2, 0) is 4.79 Å². The van der Waals surface area contributed by atoms with Crippen molar-refractivity contribution in [3.05, 3.63) is 142 Å². The third-order valence-corrected chi connectivity index (χ3v) is 5.93. The predicted octanol–water partition coefficient (Wildman–Crippen LogP) is 6.65. The fraction of sp³-hybridized carbons (Fsp3) is 0.0312. The lowest BCUT2D eigenvalue weighted by Gasteiger charge is -2.12. The molecule has 0 aromatic heterocycles. The van der Waals surface area contributed by atoms with Crippen LogP contribution >= 0.6 is 11.6 Å². The average molecular weight is 537 g/mol. The number of ketones is 1. The molecule has 0 aliphatic heterocycles. The van der Waals surface area contributed by atoms with Gasteiger partial charge in [-0.1, -0.05) is 60.1 Å². The minimum atomic E-state index is -0.517. The van der Waals surface area contributed by atoms with Crippen LogP contribution in [0.15, 0.2) is 115 Å². The van der Waals surface area contributed by atoms with Gasteiger partial charge >= 0.3 is 0 Å². The van der Waals surface area contributed by atoms with Gasteiger partial charge in [-0.05, 0) is 83.9 Å². The highest BCUT2D eigenvalue weighted by Crippen LogP contribution is 2.17. The van der Waals surface area contributed by atoms with Crippen LogP contribution in [0.25, 0.3) is 12.2 Å². The lowest BCUT2D eigenvalue weighted by molar-refractivity contribution is -0.113. The predicted molar refractivity (Wildman–Crippen MR) is 155 cm³/mol. The normalized spacial score (nSPS) is 11.2. The van der Waals surface area contributed by atoms with Gasteiger partial charge in [0.05, 0.1) is 7.11 Å². The number of amides is 2. The number of rotatable bonds is 9. The summed E-state index contributed by atoms with van der Waals surface area (Å²) in [5, 5.41) is 6.11. The molecule has 0 bridgehead atoms. The zero-order valence-corrected chi connectivity index (χ0v) is 21.8. The van der Waals surface area contributed by atoms with Gasteiger partial charge in [-0.15, -0.1) is 0 Å². The molecular weight excluding hydrogens is 512 g/mol. The van der Waals surface area contributed by atoms with Gasteiger partial charge in [0, 0.05) is 21.8 Å². The molecule has 0 aliphatic carbocycles. The van der Waals surface area contributed by atoms with E-state index in [-0.39, 0.29) is 11.5 Å². The lowest BCUT2D eigenvalue weighted by atomic mass is 10.1. The van der Waals surface area contributed by atoms with E-state index in [9.17, 15) is 14.4 Å². The molecular formula is C32H25ClN2O4. The lowest BCUT2D eigenvalue weighted by Crippen LogP contribution is -2.30. The molecule has 4 aromatic rings. The summed E-state index contributed by atoms with van der Waals surface area (Å²) in [6, 6.07) is 29.3. The quantitative estimate of drug-likeness (QED) is 0.185. The molecule has 4 aromatic carbocycles. The number of hydrogen-bond donors (Lipinski definition) is 2. The maximum absolute atomic E-state index is 13.2. The van der Waals surface area contributed by atoms with Crippen molar-refractivity contribution in [2.45, 2.75) is 0 Å². The van der Waals surface area contributed by atoms with Gasteiger partial charge in [0.1, 0.15) is 11.4 Å². The Morgan fingerprint density at radius 2 is 1.38 bits per heavy atom. The number of carbonyl (C=O) groups is 3. The number of nitrogens with one attached hydrogen (secondary N) is 2. The molecule has 0 saturated carbocycles. The highest BCUT2D eigenvalue weighted by Gasteiger charge is 2.15. The summed E-state index contributed by atoms with van der Waals surface area (Å²) in [6.45, 7) is 0. The summed E-state index contributed by atoms with van der Waals surface area (Å²) in [5.41, 5.74) is 2.95. The van der Waals surface area contributed by atoms with E-state index in [1.54, 1.807) is 110 Å². The molecule has 39 heavy (non-hydrogen) atoms. The van der Waals surface area contributed by atoms with Crippen LogP contribution in [0.3, 0.4) is 0 Å². The Kier molecular flexibility index (Phi) is 9.06. The summed E-state index contributed by atoms with van der Waals surface area (Å²) in [5.74, 6) is -0.446. The summed E-state index contributed by atoms with van der Waals surface area (Å²) < 4.78 is 5.19. The third-order valence-electron chi connectivity index (χ3n) is 5.68. The molecule has 7 heteroatoms. The van der Waals surface area contributed by atoms with E-state index in [0.29, 0.717) is 33.1 Å². The van der Waals surface area contributed by atoms with Crippen LogP contribution in [0.4, 0.5) is 5.69 Å². The summed E-state index contributed by atoms with van der Waals surface area (Å²) in [4.78, 5) is 38.6. The second-order valence-corrected chi connectivity index (χ2v) is 8.87. The number of halogens is 1. The summed E-state index contributed by atoms with van der Waals surface area (Å²) >= 11 is 5.90. The minimum Gasteiger partial charge on any atom is -0.497 e. The molecule has 4 rings (SSSR count). The number of hydrogen-bond acceptors (Lipinski definition) is 4. The van der Waals surface area contributed by atoms with Gasteiger partial charge < -0.3 is 15.4 Å².